The topological polar surface area (TPSA) is 99.2 Å². The van der Waals surface area contributed by atoms with Gasteiger partial charge in [0.15, 0.2) is 17.7 Å². The van der Waals surface area contributed by atoms with Crippen molar-refractivity contribution >= 4 is 22.9 Å². The van der Waals surface area contributed by atoms with Crippen LogP contribution in [0.1, 0.15) is 24.3 Å². The van der Waals surface area contributed by atoms with Crippen LogP contribution in [0.25, 0.3) is 11.2 Å². The first-order valence-electron chi connectivity index (χ1n) is 8.16. The van der Waals surface area contributed by atoms with Crippen LogP contribution in [0.4, 0.5) is 5.82 Å². The zero-order valence-electron chi connectivity index (χ0n) is 13.3. The highest BCUT2D eigenvalue weighted by Gasteiger charge is 2.49. The van der Waals surface area contributed by atoms with Crippen molar-refractivity contribution < 1.29 is 9.53 Å². The lowest BCUT2D eigenvalue weighted by Crippen LogP contribution is -2.32. The molecule has 2 aliphatic rings. The predicted octanol–water partition coefficient (Wildman–Crippen LogP) is 1.28. The van der Waals surface area contributed by atoms with Crippen LogP contribution < -0.4 is 5.73 Å². The van der Waals surface area contributed by atoms with E-state index in [1.54, 1.807) is 10.9 Å². The number of nitrogens with two attached hydrogens (primary N) is 1. The van der Waals surface area contributed by atoms with Gasteiger partial charge < -0.3 is 19.9 Å². The van der Waals surface area contributed by atoms with Gasteiger partial charge in [-0.25, -0.2) is 15.0 Å². The van der Waals surface area contributed by atoms with Crippen LogP contribution in [0.15, 0.2) is 43.0 Å². The van der Waals surface area contributed by atoms with Gasteiger partial charge in [0.1, 0.15) is 17.9 Å². The molecular formula is C17H16N6O2. The summed E-state index contributed by atoms with van der Waals surface area (Å²) in [7, 11) is 0. The van der Waals surface area contributed by atoms with Crippen molar-refractivity contribution in [2.45, 2.75) is 24.7 Å². The van der Waals surface area contributed by atoms with Crippen LogP contribution in [-0.2, 0) is 9.53 Å². The fraction of sp³-hybridized carbons (Fsp3) is 0.294. The molecule has 0 spiro atoms. The molecule has 5 rings (SSSR count). The summed E-state index contributed by atoms with van der Waals surface area (Å²) in [5.41, 5.74) is 7.95. The van der Waals surface area contributed by atoms with Gasteiger partial charge in [-0.3, -0.25) is 4.79 Å². The molecule has 0 radical (unpaired) electrons. The molecule has 2 fully saturated rings. The molecule has 25 heavy (non-hydrogen) atoms. The van der Waals surface area contributed by atoms with Crippen molar-refractivity contribution in [1.82, 2.24) is 24.4 Å². The number of rotatable bonds is 2. The molecule has 2 aliphatic heterocycles. The van der Waals surface area contributed by atoms with Gasteiger partial charge in [-0.15, -0.1) is 0 Å². The molecule has 126 valence electrons. The lowest BCUT2D eigenvalue weighted by atomic mass is 10.2. The van der Waals surface area contributed by atoms with Crippen LogP contribution in [0.2, 0.25) is 0 Å². The maximum absolute atomic E-state index is 13.1. The average molecular weight is 336 g/mol. The number of nitrogens with zero attached hydrogens (tertiary/aromatic N) is 5. The summed E-state index contributed by atoms with van der Waals surface area (Å²) in [6.45, 7) is 0.533. The molecule has 3 aromatic rings. The van der Waals surface area contributed by atoms with E-state index in [4.69, 9.17) is 10.5 Å². The molecular weight excluding hydrogens is 320 g/mol. The third-order valence-corrected chi connectivity index (χ3v) is 4.93. The molecule has 0 saturated carbocycles. The molecule has 0 bridgehead atoms. The van der Waals surface area contributed by atoms with E-state index in [0.717, 1.165) is 5.56 Å². The fourth-order valence-electron chi connectivity index (χ4n) is 3.77. The van der Waals surface area contributed by atoms with E-state index < -0.39 is 0 Å². The van der Waals surface area contributed by atoms with Crippen molar-refractivity contribution in [2.75, 3.05) is 12.3 Å². The zero-order valence-corrected chi connectivity index (χ0v) is 13.3. The largest absolute Gasteiger partial charge is 0.382 e. The lowest BCUT2D eigenvalue weighted by molar-refractivity contribution is -0.136. The Morgan fingerprint density at radius 2 is 2.00 bits per heavy atom. The Balaban J connectivity index is 1.52. The van der Waals surface area contributed by atoms with Crippen LogP contribution in [-0.4, -0.2) is 43.0 Å². The first-order valence-corrected chi connectivity index (χ1v) is 8.16. The number of ether oxygens (including phenoxy) is 1. The highest BCUT2D eigenvalue weighted by molar-refractivity contribution is 5.87. The number of hydrogen-bond donors (Lipinski definition) is 1. The maximum Gasteiger partial charge on any atom is 0.248 e. The van der Waals surface area contributed by atoms with Gasteiger partial charge in [-0.05, 0) is 6.42 Å². The number of fused-ring (bicyclic) bond motifs is 2. The lowest BCUT2D eigenvalue weighted by Gasteiger charge is -2.23. The number of amides is 1. The second-order valence-corrected chi connectivity index (χ2v) is 6.33. The zero-order chi connectivity index (χ0) is 17.0. The van der Waals surface area contributed by atoms with Crippen LogP contribution in [0, 0.1) is 0 Å². The molecule has 3 atom stereocenters. The summed E-state index contributed by atoms with van der Waals surface area (Å²) in [6, 6.07) is 9.52. The molecule has 8 nitrogen and oxygen atoms in total. The Labute approximate surface area is 143 Å². The van der Waals surface area contributed by atoms with Gasteiger partial charge in [-0.2, -0.15) is 0 Å². The van der Waals surface area contributed by atoms with Crippen LogP contribution >= 0.6 is 0 Å². The molecule has 0 unspecified atom stereocenters. The van der Waals surface area contributed by atoms with Crippen molar-refractivity contribution in [2.24, 2.45) is 0 Å². The average Bonchev–Trinajstić information content (AvgIpc) is 3.31. The normalized spacial score (nSPS) is 25.7. The Kier molecular flexibility index (Phi) is 3.01. The molecule has 4 heterocycles. The molecule has 1 aromatic carbocycles. The van der Waals surface area contributed by atoms with Gasteiger partial charge in [-0.1, -0.05) is 30.3 Å². The summed E-state index contributed by atoms with van der Waals surface area (Å²) in [4.78, 5) is 27.5. The van der Waals surface area contributed by atoms with Crippen molar-refractivity contribution in [1.29, 1.82) is 0 Å². The molecule has 8 heteroatoms. The molecule has 2 N–H and O–H groups in total. The maximum atomic E-state index is 13.1. The number of imidazole rings is 1. The Morgan fingerprint density at radius 3 is 2.84 bits per heavy atom. The highest BCUT2D eigenvalue weighted by Crippen LogP contribution is 2.42. The van der Waals surface area contributed by atoms with Crippen molar-refractivity contribution in [3.63, 3.8) is 0 Å². The van der Waals surface area contributed by atoms with Gasteiger partial charge in [0.2, 0.25) is 5.91 Å². The van der Waals surface area contributed by atoms with Crippen LogP contribution in [0.3, 0.4) is 0 Å². The number of benzene rings is 1. The van der Waals surface area contributed by atoms with Gasteiger partial charge in [0, 0.05) is 5.56 Å². The van der Waals surface area contributed by atoms with Gasteiger partial charge in [0.25, 0.3) is 0 Å². The third-order valence-electron chi connectivity index (χ3n) is 4.93. The van der Waals surface area contributed by atoms with Gasteiger partial charge >= 0.3 is 0 Å². The number of hydrogen-bond acceptors (Lipinski definition) is 6. The standard InChI is InChI=1S/C17H16N6O2/c18-14-13-15(20-8-19-14)22(9-21-13)12-6-11-7-25-17(23(11)16(12)24)10-4-2-1-3-5-10/h1-5,8-9,11-12,17H,6-7H2,(H2,18,19,20)/t11-,12-,17+/m1/s1. The van der Waals surface area contributed by atoms with Crippen molar-refractivity contribution in [3.8, 4) is 0 Å². The molecule has 2 aromatic heterocycles. The molecule has 1 amide bonds. The summed E-state index contributed by atoms with van der Waals surface area (Å²) >= 11 is 0. The Morgan fingerprint density at radius 1 is 1.16 bits per heavy atom. The second-order valence-electron chi connectivity index (χ2n) is 6.33. The van der Waals surface area contributed by atoms with E-state index >= 15 is 0 Å². The van der Waals surface area contributed by atoms with E-state index in [1.165, 1.54) is 6.33 Å². The first kappa shape index (κ1) is 14.4. The monoisotopic (exact) mass is 336 g/mol. The number of carbonyl (C=O) groups excluding carboxylic acids is 1. The summed E-state index contributed by atoms with van der Waals surface area (Å²) < 4.78 is 7.68. The third kappa shape index (κ3) is 2.04. The number of carbonyl (C=O) groups is 1. The quantitative estimate of drug-likeness (QED) is 0.757. The number of aromatic nitrogens is 4. The van der Waals surface area contributed by atoms with Crippen LogP contribution in [0.5, 0.6) is 0 Å². The smallest absolute Gasteiger partial charge is 0.248 e. The van der Waals surface area contributed by atoms with Crippen molar-refractivity contribution in [3.05, 3.63) is 48.5 Å². The minimum Gasteiger partial charge on any atom is -0.382 e. The number of anilines is 1. The highest BCUT2D eigenvalue weighted by atomic mass is 16.5. The Bertz CT molecular complexity index is 956. The van der Waals surface area contributed by atoms with Gasteiger partial charge in [0.05, 0.1) is 19.0 Å². The summed E-state index contributed by atoms with van der Waals surface area (Å²) in [6.07, 6.45) is 3.35. The van der Waals surface area contributed by atoms with E-state index in [-0.39, 0.29) is 24.2 Å². The first-order chi connectivity index (χ1) is 12.2. The van der Waals surface area contributed by atoms with E-state index in [9.17, 15) is 4.79 Å². The second kappa shape index (κ2) is 5.25. The van der Waals surface area contributed by atoms with E-state index in [1.807, 2.05) is 35.2 Å². The summed E-state index contributed by atoms with van der Waals surface area (Å²) in [5.74, 6) is 0.341. The Hall–Kier alpha value is -3.00. The minimum atomic E-state index is -0.348. The fourth-order valence-corrected chi connectivity index (χ4v) is 3.77. The van der Waals surface area contributed by atoms with E-state index in [2.05, 4.69) is 15.0 Å². The minimum absolute atomic E-state index is 0.0211. The molecule has 0 aliphatic carbocycles. The summed E-state index contributed by atoms with van der Waals surface area (Å²) in [5, 5.41) is 0. The SMILES string of the molecule is Nc1ncnc2c1ncn2[C@@H]1C[C@@H]2CO[C@@H](c3ccccc3)N2C1=O. The number of nitrogen functional groups attached to an aromatic ring is 1. The predicted molar refractivity (Wildman–Crippen MR) is 89.2 cm³/mol. The molecule has 2 saturated heterocycles. The van der Waals surface area contributed by atoms with E-state index in [0.29, 0.717) is 30.0 Å².